The zero-order valence-corrected chi connectivity index (χ0v) is 19.2. The van der Waals surface area contributed by atoms with Gasteiger partial charge in [0.2, 0.25) is 0 Å². The number of carbonyl (C=O) groups excluding carboxylic acids is 1. The lowest BCUT2D eigenvalue weighted by atomic mass is 9.82. The molecule has 2 atom stereocenters. The largest absolute Gasteiger partial charge is 0.491 e. The number of methoxy groups -OCH3 is 1. The highest BCUT2D eigenvalue weighted by Gasteiger charge is 2.52. The topological polar surface area (TPSA) is 92.0 Å². The number of fused-ring (bicyclic) bond motifs is 1. The highest BCUT2D eigenvalue weighted by Crippen LogP contribution is 2.46. The Balaban J connectivity index is 1.84. The van der Waals surface area contributed by atoms with E-state index in [1.165, 1.54) is 11.7 Å². The Morgan fingerprint density at radius 2 is 1.85 bits per heavy atom. The van der Waals surface area contributed by atoms with E-state index in [2.05, 4.69) is 0 Å². The lowest BCUT2D eigenvalue weighted by Crippen LogP contribution is -2.44. The van der Waals surface area contributed by atoms with Gasteiger partial charge >= 0.3 is 0 Å². The molecule has 0 radical (unpaired) electrons. The first kappa shape index (κ1) is 23.5. The Hall–Kier alpha value is -3.68. The molecule has 0 saturated carbocycles. The van der Waals surface area contributed by atoms with Crippen molar-refractivity contribution in [2.45, 2.75) is 25.5 Å². The normalized spacial score (nSPS) is 18.4. The number of amides is 1. The van der Waals surface area contributed by atoms with Gasteiger partial charge in [-0.05, 0) is 42.3 Å². The molecule has 0 unspecified atom stereocenters. The number of hydrogen-bond acceptors (Lipinski definition) is 5. The Kier molecular flexibility index (Phi) is 6.68. The number of nitrogens with zero attached hydrogens (tertiary/aromatic N) is 2. The summed E-state index contributed by atoms with van der Waals surface area (Å²) in [6.45, 7) is 2.06. The van der Waals surface area contributed by atoms with E-state index < -0.39 is 17.4 Å². The molecule has 2 aromatic carbocycles. The van der Waals surface area contributed by atoms with Crippen LogP contribution in [-0.4, -0.2) is 34.4 Å². The van der Waals surface area contributed by atoms with Crippen LogP contribution in [0.4, 0.5) is 5.69 Å². The minimum atomic E-state index is -1.82. The molecule has 3 aromatic rings. The molecule has 1 aliphatic rings. The van der Waals surface area contributed by atoms with E-state index in [0.717, 1.165) is 5.56 Å². The summed E-state index contributed by atoms with van der Waals surface area (Å²) in [4.78, 5) is 28.1. The summed E-state index contributed by atoms with van der Waals surface area (Å²) in [6, 6.07) is 18.1. The molecule has 1 aliphatic heterocycles. The summed E-state index contributed by atoms with van der Waals surface area (Å²) in [5.41, 5.74) is 0.314. The molecule has 4 rings (SSSR count). The molecule has 0 aliphatic carbocycles. The van der Waals surface area contributed by atoms with E-state index in [1.807, 2.05) is 30.3 Å². The second kappa shape index (κ2) is 9.67. The SMILES string of the molecule is COc1cccn(-c2ccc3c(c2)[C@@](O)([C@H](C)/C=C/CCO)C(=O)N3Cc2ccccc2)c1=O. The first-order valence-corrected chi connectivity index (χ1v) is 11.2. The van der Waals surface area contributed by atoms with Gasteiger partial charge in [0.05, 0.1) is 19.3 Å². The third kappa shape index (κ3) is 4.04. The van der Waals surface area contributed by atoms with Crippen molar-refractivity contribution in [1.29, 1.82) is 0 Å². The second-order valence-corrected chi connectivity index (χ2v) is 8.33. The second-order valence-electron chi connectivity index (χ2n) is 8.33. The predicted molar refractivity (Wildman–Crippen MR) is 130 cm³/mol. The summed E-state index contributed by atoms with van der Waals surface area (Å²) in [7, 11) is 1.43. The molecular formula is C27H28N2O5. The van der Waals surface area contributed by atoms with Crippen molar-refractivity contribution in [2.75, 3.05) is 18.6 Å². The molecule has 34 heavy (non-hydrogen) atoms. The first-order valence-electron chi connectivity index (χ1n) is 11.2. The predicted octanol–water partition coefficient (Wildman–Crippen LogP) is 3.16. The van der Waals surface area contributed by atoms with Gasteiger partial charge in [-0.25, -0.2) is 0 Å². The molecule has 0 bridgehead atoms. The number of pyridine rings is 1. The molecule has 0 saturated heterocycles. The maximum Gasteiger partial charge on any atom is 0.297 e. The van der Waals surface area contributed by atoms with E-state index in [1.54, 1.807) is 60.5 Å². The number of aliphatic hydroxyl groups excluding tert-OH is 1. The zero-order valence-electron chi connectivity index (χ0n) is 19.2. The van der Waals surface area contributed by atoms with Crippen molar-refractivity contribution >= 4 is 11.6 Å². The zero-order chi connectivity index (χ0) is 24.3. The van der Waals surface area contributed by atoms with Crippen LogP contribution in [0.25, 0.3) is 5.69 Å². The minimum Gasteiger partial charge on any atom is -0.491 e. The molecule has 1 aromatic heterocycles. The van der Waals surface area contributed by atoms with Crippen LogP contribution in [0.15, 0.2) is 83.8 Å². The van der Waals surface area contributed by atoms with Crippen LogP contribution < -0.4 is 15.2 Å². The minimum absolute atomic E-state index is 0.0186. The molecular weight excluding hydrogens is 432 g/mol. The van der Waals surface area contributed by atoms with Crippen LogP contribution in [-0.2, 0) is 16.9 Å². The lowest BCUT2D eigenvalue weighted by Gasteiger charge is -2.28. The van der Waals surface area contributed by atoms with Crippen molar-refractivity contribution in [1.82, 2.24) is 4.57 Å². The first-order chi connectivity index (χ1) is 16.4. The van der Waals surface area contributed by atoms with Crippen LogP contribution in [0.5, 0.6) is 5.75 Å². The lowest BCUT2D eigenvalue weighted by molar-refractivity contribution is -0.139. The molecule has 7 nitrogen and oxygen atoms in total. The van der Waals surface area contributed by atoms with Crippen molar-refractivity contribution in [3.63, 3.8) is 0 Å². The fraction of sp³-hybridized carbons (Fsp3) is 0.259. The average molecular weight is 461 g/mol. The van der Waals surface area contributed by atoms with Gasteiger partial charge < -0.3 is 19.8 Å². The Morgan fingerprint density at radius 3 is 2.56 bits per heavy atom. The Morgan fingerprint density at radius 1 is 1.09 bits per heavy atom. The van der Waals surface area contributed by atoms with Gasteiger partial charge in [0, 0.05) is 30.0 Å². The summed E-state index contributed by atoms with van der Waals surface area (Å²) in [5, 5.41) is 21.0. The molecule has 0 spiro atoms. The van der Waals surface area contributed by atoms with Crippen molar-refractivity contribution in [2.24, 2.45) is 5.92 Å². The number of benzene rings is 2. The number of ether oxygens (including phenoxy) is 1. The average Bonchev–Trinajstić information content (AvgIpc) is 3.07. The van der Waals surface area contributed by atoms with Gasteiger partial charge in [-0.3, -0.25) is 14.2 Å². The highest BCUT2D eigenvalue weighted by atomic mass is 16.5. The number of rotatable bonds is 8. The number of aliphatic hydroxyl groups is 2. The number of carbonyl (C=O) groups is 1. The van der Waals surface area contributed by atoms with E-state index in [-0.39, 0.29) is 17.9 Å². The van der Waals surface area contributed by atoms with E-state index in [9.17, 15) is 14.7 Å². The van der Waals surface area contributed by atoms with Crippen molar-refractivity contribution < 1.29 is 19.7 Å². The molecule has 2 heterocycles. The summed E-state index contributed by atoms with van der Waals surface area (Å²) < 4.78 is 6.59. The van der Waals surface area contributed by atoms with Crippen LogP contribution in [0, 0.1) is 5.92 Å². The van der Waals surface area contributed by atoms with Crippen molar-refractivity contribution in [3.05, 3.63) is 100 Å². The van der Waals surface area contributed by atoms with Gasteiger partial charge in [-0.15, -0.1) is 0 Å². The van der Waals surface area contributed by atoms with Gasteiger partial charge in [-0.1, -0.05) is 49.4 Å². The van der Waals surface area contributed by atoms with E-state index >= 15 is 0 Å². The Bertz CT molecular complexity index is 1270. The fourth-order valence-electron chi connectivity index (χ4n) is 4.35. The van der Waals surface area contributed by atoms with Crippen LogP contribution in [0.1, 0.15) is 24.5 Å². The van der Waals surface area contributed by atoms with Crippen LogP contribution in [0.2, 0.25) is 0 Å². The highest BCUT2D eigenvalue weighted by molar-refractivity contribution is 6.07. The standard InChI is InChI=1S/C27H28N2O5/c1-19(9-6-7-16-30)27(33)22-17-21(28-15-8-12-24(34-2)25(28)31)13-14-23(22)29(26(27)32)18-20-10-4-3-5-11-20/h3-6,8-15,17,19,30,33H,7,16,18H2,1-2H3/b9-6+/t19-,27+/m1/s1. The molecule has 7 heteroatoms. The summed E-state index contributed by atoms with van der Waals surface area (Å²) in [5.74, 6) is -0.800. The monoisotopic (exact) mass is 460 g/mol. The van der Waals surface area contributed by atoms with E-state index in [0.29, 0.717) is 29.9 Å². The van der Waals surface area contributed by atoms with Crippen LogP contribution in [0.3, 0.4) is 0 Å². The third-order valence-electron chi connectivity index (χ3n) is 6.23. The smallest absolute Gasteiger partial charge is 0.297 e. The van der Waals surface area contributed by atoms with Crippen molar-refractivity contribution in [3.8, 4) is 11.4 Å². The Labute approximate surface area is 198 Å². The van der Waals surface area contributed by atoms with Gasteiger partial charge in [0.1, 0.15) is 0 Å². The summed E-state index contributed by atoms with van der Waals surface area (Å²) >= 11 is 0. The molecule has 0 fully saturated rings. The number of aromatic nitrogens is 1. The molecule has 2 N–H and O–H groups in total. The fourth-order valence-corrected chi connectivity index (χ4v) is 4.35. The maximum absolute atomic E-state index is 13.7. The third-order valence-corrected chi connectivity index (χ3v) is 6.23. The molecule has 1 amide bonds. The van der Waals surface area contributed by atoms with Gasteiger partial charge in [0.25, 0.3) is 11.5 Å². The number of hydrogen-bond donors (Lipinski definition) is 2. The maximum atomic E-state index is 13.7. The quantitative estimate of drug-likeness (QED) is 0.504. The van der Waals surface area contributed by atoms with Gasteiger partial charge in [0.15, 0.2) is 11.4 Å². The van der Waals surface area contributed by atoms with E-state index in [4.69, 9.17) is 9.84 Å². The number of anilines is 1. The van der Waals surface area contributed by atoms with Crippen LogP contribution >= 0.6 is 0 Å². The molecule has 176 valence electrons. The summed E-state index contributed by atoms with van der Waals surface area (Å²) in [6.07, 6.45) is 5.54. The van der Waals surface area contributed by atoms with Gasteiger partial charge in [-0.2, -0.15) is 0 Å².